The number of carbonyl (C=O) groups is 2. The highest BCUT2D eigenvalue weighted by Gasteiger charge is 2.28. The highest BCUT2D eigenvalue weighted by molar-refractivity contribution is 7.89. The van der Waals surface area contributed by atoms with Crippen molar-refractivity contribution in [2.45, 2.75) is 17.7 Å². The summed E-state index contributed by atoms with van der Waals surface area (Å²) in [7, 11) is -3.72. The minimum Gasteiger partial charge on any atom is -0.324 e. The smallest absolute Gasteiger partial charge is 0.243 e. The maximum absolute atomic E-state index is 13.0. The summed E-state index contributed by atoms with van der Waals surface area (Å²) < 4.78 is 27.5. The van der Waals surface area contributed by atoms with Crippen LogP contribution < -0.4 is 10.6 Å². The molecule has 0 saturated carbocycles. The zero-order chi connectivity index (χ0) is 19.7. The molecule has 2 aromatic carbocycles. The van der Waals surface area contributed by atoms with Crippen LogP contribution in [-0.4, -0.2) is 37.6 Å². The first kappa shape index (κ1) is 18.4. The Kier molecular flexibility index (Phi) is 4.74. The summed E-state index contributed by atoms with van der Waals surface area (Å²) in [5.41, 5.74) is 2.90. The third-order valence-electron chi connectivity index (χ3n) is 4.81. The van der Waals surface area contributed by atoms with E-state index < -0.39 is 21.8 Å². The average molecular weight is 397 g/mol. The number of rotatable bonds is 3. The van der Waals surface area contributed by atoms with Crippen molar-refractivity contribution >= 4 is 38.8 Å². The van der Waals surface area contributed by atoms with Gasteiger partial charge >= 0.3 is 0 Å². The molecule has 0 aliphatic carbocycles. The topological polar surface area (TPSA) is 95.6 Å². The van der Waals surface area contributed by atoms with Gasteiger partial charge in [0.15, 0.2) is 0 Å². The predicted molar refractivity (Wildman–Crippen MR) is 106 cm³/mol. The third kappa shape index (κ3) is 3.56. The molecule has 2 amide bonds. The van der Waals surface area contributed by atoms with E-state index in [1.165, 1.54) is 22.5 Å². The number of nitrogens with one attached hydrogen (secondary N) is 2. The number of hydrogen-bond donors (Lipinski definition) is 2. The van der Waals surface area contributed by atoms with Crippen LogP contribution >= 0.6 is 0 Å². The summed E-state index contributed by atoms with van der Waals surface area (Å²) >= 11 is 0. The van der Waals surface area contributed by atoms with Crippen LogP contribution in [-0.2, 0) is 19.6 Å². The van der Waals surface area contributed by atoms with Gasteiger partial charge in [-0.1, -0.05) is 36.4 Å². The lowest BCUT2D eigenvalue weighted by molar-refractivity contribution is -0.123. The van der Waals surface area contributed by atoms with Gasteiger partial charge in [-0.05, 0) is 35.8 Å². The van der Waals surface area contributed by atoms with E-state index in [2.05, 4.69) is 10.6 Å². The molecule has 0 atom stereocenters. The van der Waals surface area contributed by atoms with Crippen LogP contribution in [0.15, 0.2) is 59.5 Å². The van der Waals surface area contributed by atoms with Gasteiger partial charge < -0.3 is 10.6 Å². The Morgan fingerprint density at radius 3 is 2.29 bits per heavy atom. The van der Waals surface area contributed by atoms with Gasteiger partial charge in [0.2, 0.25) is 21.8 Å². The number of anilines is 2. The van der Waals surface area contributed by atoms with Crippen molar-refractivity contribution in [2.75, 3.05) is 23.7 Å². The second-order valence-corrected chi connectivity index (χ2v) is 8.63. The standard InChI is InChI=1S/C20H19N3O4S/c24-19-13-20(25)22-18-12-16(6-7-17(18)21-19)28(26,27)23-10-8-15(9-11-23)14-4-2-1-3-5-14/h1-8,12H,9-11,13H2,(H,21,24)(H,22,25). The zero-order valence-corrected chi connectivity index (χ0v) is 15.8. The second kappa shape index (κ2) is 7.21. The molecule has 2 N–H and O–H groups in total. The maximum Gasteiger partial charge on any atom is 0.243 e. The summed E-state index contributed by atoms with van der Waals surface area (Å²) in [4.78, 5) is 23.5. The fraction of sp³-hybridized carbons (Fsp3) is 0.200. The molecule has 2 heterocycles. The number of hydrogen-bond acceptors (Lipinski definition) is 4. The SMILES string of the molecule is O=C1CC(=O)Nc2cc(S(=O)(=O)N3CC=C(c4ccccc4)CC3)ccc2N1. The Hall–Kier alpha value is -2.97. The van der Waals surface area contributed by atoms with Gasteiger partial charge in [-0.15, -0.1) is 0 Å². The van der Waals surface area contributed by atoms with Crippen LogP contribution in [0.2, 0.25) is 0 Å². The molecule has 7 nitrogen and oxygen atoms in total. The van der Waals surface area contributed by atoms with Crippen molar-refractivity contribution in [3.05, 3.63) is 60.2 Å². The molecule has 0 bridgehead atoms. The molecular formula is C20H19N3O4S. The van der Waals surface area contributed by atoms with Crippen molar-refractivity contribution in [3.63, 3.8) is 0 Å². The first-order chi connectivity index (χ1) is 13.4. The molecule has 28 heavy (non-hydrogen) atoms. The van der Waals surface area contributed by atoms with Crippen molar-refractivity contribution < 1.29 is 18.0 Å². The van der Waals surface area contributed by atoms with Gasteiger partial charge in [-0.3, -0.25) is 9.59 Å². The molecule has 2 aliphatic rings. The van der Waals surface area contributed by atoms with Crippen LogP contribution in [0.4, 0.5) is 11.4 Å². The van der Waals surface area contributed by atoms with Crippen LogP contribution in [0.3, 0.4) is 0 Å². The molecule has 4 rings (SSSR count). The van der Waals surface area contributed by atoms with E-state index in [0.717, 1.165) is 11.1 Å². The van der Waals surface area contributed by atoms with Gasteiger partial charge in [-0.25, -0.2) is 8.42 Å². The highest BCUT2D eigenvalue weighted by atomic mass is 32.2. The van der Waals surface area contributed by atoms with E-state index in [4.69, 9.17) is 0 Å². The number of sulfonamides is 1. The minimum atomic E-state index is -3.72. The predicted octanol–water partition coefficient (Wildman–Crippen LogP) is 2.45. The third-order valence-corrected chi connectivity index (χ3v) is 6.68. The molecular weight excluding hydrogens is 378 g/mol. The van der Waals surface area contributed by atoms with Crippen LogP contribution in [0.25, 0.3) is 5.57 Å². The minimum absolute atomic E-state index is 0.0826. The molecule has 0 radical (unpaired) electrons. The van der Waals surface area contributed by atoms with Crippen molar-refractivity contribution in [3.8, 4) is 0 Å². The molecule has 0 unspecified atom stereocenters. The first-order valence-corrected chi connectivity index (χ1v) is 10.4. The lowest BCUT2D eigenvalue weighted by Crippen LogP contribution is -2.34. The molecule has 0 saturated heterocycles. The van der Waals surface area contributed by atoms with Crippen molar-refractivity contribution in [1.29, 1.82) is 0 Å². The molecule has 0 fully saturated rings. The monoisotopic (exact) mass is 397 g/mol. The number of amides is 2. The largest absolute Gasteiger partial charge is 0.324 e. The summed E-state index contributed by atoms with van der Waals surface area (Å²) in [6.07, 6.45) is 2.26. The molecule has 0 spiro atoms. The maximum atomic E-state index is 13.0. The zero-order valence-electron chi connectivity index (χ0n) is 15.0. The molecule has 144 valence electrons. The lowest BCUT2D eigenvalue weighted by Gasteiger charge is -2.26. The molecule has 8 heteroatoms. The Morgan fingerprint density at radius 1 is 0.893 bits per heavy atom. The van der Waals surface area contributed by atoms with Crippen molar-refractivity contribution in [1.82, 2.24) is 4.31 Å². The van der Waals surface area contributed by atoms with Crippen LogP contribution in [0.5, 0.6) is 0 Å². The van der Waals surface area contributed by atoms with Gasteiger partial charge in [0, 0.05) is 13.1 Å². The second-order valence-electron chi connectivity index (χ2n) is 6.69. The Bertz CT molecular complexity index is 1080. The Morgan fingerprint density at radius 2 is 1.61 bits per heavy atom. The fourth-order valence-electron chi connectivity index (χ4n) is 3.36. The normalized spacial score (nSPS) is 17.8. The van der Waals surface area contributed by atoms with E-state index in [9.17, 15) is 18.0 Å². The summed E-state index contributed by atoms with van der Waals surface area (Å²) in [6.45, 7) is 0.663. The van der Waals surface area contributed by atoms with Crippen LogP contribution in [0, 0.1) is 0 Å². The van der Waals surface area contributed by atoms with E-state index in [1.807, 2.05) is 36.4 Å². The van der Waals surface area contributed by atoms with Crippen LogP contribution in [0.1, 0.15) is 18.4 Å². The highest BCUT2D eigenvalue weighted by Crippen LogP contribution is 2.31. The average Bonchev–Trinajstić information content (AvgIpc) is 2.84. The number of fused-ring (bicyclic) bond motifs is 1. The molecule has 2 aliphatic heterocycles. The van der Waals surface area contributed by atoms with E-state index in [-0.39, 0.29) is 23.5 Å². The first-order valence-electron chi connectivity index (χ1n) is 8.92. The number of carbonyl (C=O) groups excluding carboxylic acids is 2. The molecule has 0 aromatic heterocycles. The summed E-state index contributed by atoms with van der Waals surface area (Å²) in [5.74, 6) is -0.902. The Labute approximate surface area is 163 Å². The summed E-state index contributed by atoms with van der Waals surface area (Å²) in [6, 6.07) is 14.2. The van der Waals surface area contributed by atoms with Gasteiger partial charge in [-0.2, -0.15) is 4.31 Å². The summed E-state index contributed by atoms with van der Waals surface area (Å²) in [5, 5.41) is 5.17. The fourth-order valence-corrected chi connectivity index (χ4v) is 4.77. The van der Waals surface area contributed by atoms with E-state index in [0.29, 0.717) is 18.7 Å². The lowest BCUT2D eigenvalue weighted by atomic mass is 10.0. The van der Waals surface area contributed by atoms with Gasteiger partial charge in [0.1, 0.15) is 6.42 Å². The Balaban J connectivity index is 1.59. The van der Waals surface area contributed by atoms with Gasteiger partial charge in [0.25, 0.3) is 0 Å². The van der Waals surface area contributed by atoms with E-state index >= 15 is 0 Å². The number of benzene rings is 2. The van der Waals surface area contributed by atoms with Crippen molar-refractivity contribution in [2.24, 2.45) is 0 Å². The van der Waals surface area contributed by atoms with E-state index in [1.54, 1.807) is 0 Å². The van der Waals surface area contributed by atoms with Gasteiger partial charge in [0.05, 0.1) is 16.3 Å². The number of nitrogens with zero attached hydrogens (tertiary/aromatic N) is 1. The molecule has 2 aromatic rings. The quantitative estimate of drug-likeness (QED) is 0.778.